The van der Waals surface area contributed by atoms with Gasteiger partial charge in [-0.05, 0) is 66.9 Å². The van der Waals surface area contributed by atoms with Crippen LogP contribution in [0.2, 0.25) is 0 Å². The van der Waals surface area contributed by atoms with Gasteiger partial charge in [-0.3, -0.25) is 14.5 Å². The molecule has 1 fully saturated rings. The Kier molecular flexibility index (Phi) is 13.4. The molecule has 11 heteroatoms. The fraction of sp³-hybridized carbons (Fsp3) is 0.317. The number of anilines is 2. The smallest absolute Gasteiger partial charge is 0.303 e. The summed E-state index contributed by atoms with van der Waals surface area (Å²) in [7, 11) is 3.37. The van der Waals surface area contributed by atoms with Gasteiger partial charge in [0.25, 0.3) is 0 Å². The number of para-hydroxylation sites is 3. The molecule has 1 aliphatic rings. The van der Waals surface area contributed by atoms with Gasteiger partial charge in [0.1, 0.15) is 17.2 Å². The van der Waals surface area contributed by atoms with Gasteiger partial charge in [0, 0.05) is 80.5 Å². The monoisotopic (exact) mass is 726 g/mol. The van der Waals surface area contributed by atoms with Gasteiger partial charge in [-0.2, -0.15) is 0 Å². The Balaban J connectivity index is 0.00000523. The number of halogens is 1. The normalized spacial score (nSPS) is 13.0. The summed E-state index contributed by atoms with van der Waals surface area (Å²) >= 11 is 0. The first-order chi connectivity index (χ1) is 24.9. The molecule has 0 radical (unpaired) electrons. The standard InChI is InChI=1S/C41H46N4O6.ClH/c1-49-32-17-14-30(15-18-32)28-42-35-19-16-31(41(48)34-29-45(21-7-13-40(46)47)36-10-4-3-9-33(34)36)27-39(35)51-26-8-20-43-22-24-44(25-23-43)37-11-5-6-12-38(37)50-2;/h3-6,9-12,14-19,27,29,42H,7-8,13,20-26,28H2,1-2H3,(H,46,47);1H. The zero-order chi connectivity index (χ0) is 35.6. The van der Waals surface area contributed by atoms with Crippen molar-refractivity contribution in [2.24, 2.45) is 0 Å². The average Bonchev–Trinajstić information content (AvgIpc) is 3.54. The summed E-state index contributed by atoms with van der Waals surface area (Å²) in [6.07, 6.45) is 3.24. The molecule has 0 unspecified atom stereocenters. The van der Waals surface area contributed by atoms with Crippen molar-refractivity contribution in [3.63, 3.8) is 0 Å². The molecule has 1 aliphatic heterocycles. The summed E-state index contributed by atoms with van der Waals surface area (Å²) < 4.78 is 19.3. The number of nitrogens with one attached hydrogen (secondary N) is 1. The highest BCUT2D eigenvalue weighted by atomic mass is 35.5. The summed E-state index contributed by atoms with van der Waals surface area (Å²) in [4.78, 5) is 30.0. The molecule has 1 saturated heterocycles. The molecule has 52 heavy (non-hydrogen) atoms. The van der Waals surface area contributed by atoms with Gasteiger partial charge in [-0.15, -0.1) is 12.4 Å². The highest BCUT2D eigenvalue weighted by Crippen LogP contribution is 2.31. The van der Waals surface area contributed by atoms with E-state index in [-0.39, 0.29) is 24.6 Å². The number of rotatable bonds is 17. The molecule has 6 rings (SSSR count). The van der Waals surface area contributed by atoms with Crippen molar-refractivity contribution in [2.45, 2.75) is 32.4 Å². The Morgan fingerprint density at radius 3 is 2.31 bits per heavy atom. The summed E-state index contributed by atoms with van der Waals surface area (Å²) in [5, 5.41) is 13.5. The third-order valence-corrected chi connectivity index (χ3v) is 9.38. The summed E-state index contributed by atoms with van der Waals surface area (Å²) in [6, 6.07) is 29.4. The maximum Gasteiger partial charge on any atom is 0.303 e. The number of carbonyl (C=O) groups is 2. The molecule has 2 N–H and O–H groups in total. The van der Waals surface area contributed by atoms with Crippen molar-refractivity contribution < 1.29 is 28.9 Å². The predicted molar refractivity (Wildman–Crippen MR) is 208 cm³/mol. The number of fused-ring (bicyclic) bond motifs is 1. The largest absolute Gasteiger partial charge is 0.497 e. The number of hydrogen-bond acceptors (Lipinski definition) is 8. The molecule has 0 atom stereocenters. The lowest BCUT2D eigenvalue weighted by molar-refractivity contribution is -0.137. The van der Waals surface area contributed by atoms with Crippen LogP contribution >= 0.6 is 12.4 Å². The highest BCUT2D eigenvalue weighted by molar-refractivity contribution is 6.16. The topological polar surface area (TPSA) is 106 Å². The number of piperazine rings is 1. The molecule has 0 spiro atoms. The number of ketones is 1. The Morgan fingerprint density at radius 1 is 0.808 bits per heavy atom. The van der Waals surface area contributed by atoms with Crippen LogP contribution in [-0.4, -0.2) is 79.9 Å². The highest BCUT2D eigenvalue weighted by Gasteiger charge is 2.21. The van der Waals surface area contributed by atoms with Crippen LogP contribution in [0.25, 0.3) is 10.9 Å². The number of aryl methyl sites for hydroxylation is 1. The predicted octanol–water partition coefficient (Wildman–Crippen LogP) is 7.38. The third-order valence-electron chi connectivity index (χ3n) is 9.38. The van der Waals surface area contributed by atoms with E-state index in [9.17, 15) is 9.59 Å². The number of carbonyl (C=O) groups excluding carboxylic acids is 1. The number of benzene rings is 4. The van der Waals surface area contributed by atoms with E-state index in [0.717, 1.165) is 78.5 Å². The lowest BCUT2D eigenvalue weighted by atomic mass is 10.0. The molecule has 5 aromatic rings. The number of aromatic nitrogens is 1. The number of methoxy groups -OCH3 is 2. The van der Waals surface area contributed by atoms with Crippen LogP contribution in [0, 0.1) is 0 Å². The first-order valence-electron chi connectivity index (χ1n) is 17.5. The molecule has 10 nitrogen and oxygen atoms in total. The maximum atomic E-state index is 14.1. The van der Waals surface area contributed by atoms with Crippen molar-refractivity contribution in [3.05, 3.63) is 114 Å². The number of nitrogens with zero attached hydrogens (tertiary/aromatic N) is 3. The van der Waals surface area contributed by atoms with Crippen LogP contribution < -0.4 is 24.4 Å². The minimum absolute atomic E-state index is 0. The van der Waals surface area contributed by atoms with Crippen LogP contribution in [0.5, 0.6) is 17.2 Å². The van der Waals surface area contributed by atoms with E-state index in [4.69, 9.17) is 19.3 Å². The lowest BCUT2D eigenvalue weighted by Gasteiger charge is -2.36. The number of carboxylic acid groups (broad SMARTS) is 1. The van der Waals surface area contributed by atoms with Gasteiger partial charge in [-0.25, -0.2) is 0 Å². The van der Waals surface area contributed by atoms with Gasteiger partial charge in [0.15, 0.2) is 5.78 Å². The van der Waals surface area contributed by atoms with Crippen LogP contribution in [0.4, 0.5) is 11.4 Å². The van der Waals surface area contributed by atoms with Crippen molar-refractivity contribution in [1.29, 1.82) is 0 Å². The first kappa shape index (κ1) is 38.1. The zero-order valence-electron chi connectivity index (χ0n) is 29.8. The average molecular weight is 727 g/mol. The Labute approximate surface area is 311 Å². The molecular weight excluding hydrogens is 680 g/mol. The Bertz CT molecular complexity index is 1940. The zero-order valence-corrected chi connectivity index (χ0v) is 30.6. The second kappa shape index (κ2) is 18.3. The number of ether oxygens (including phenoxy) is 3. The summed E-state index contributed by atoms with van der Waals surface area (Å²) in [6.45, 7) is 6.29. The molecule has 0 amide bonds. The molecule has 0 bridgehead atoms. The van der Waals surface area contributed by atoms with Crippen LogP contribution in [0.3, 0.4) is 0 Å². The number of hydrogen-bond donors (Lipinski definition) is 2. The number of aliphatic carboxylic acids is 1. The fourth-order valence-corrected chi connectivity index (χ4v) is 6.61. The van der Waals surface area contributed by atoms with E-state index in [0.29, 0.717) is 43.0 Å². The molecule has 0 saturated carbocycles. The SMILES string of the molecule is COc1ccc(CNc2ccc(C(=O)c3cn(CCCC(=O)O)c4ccccc34)cc2OCCCN2CCN(c3ccccc3OC)CC2)cc1.Cl. The van der Waals surface area contributed by atoms with E-state index < -0.39 is 5.97 Å². The second-order valence-electron chi connectivity index (χ2n) is 12.7. The van der Waals surface area contributed by atoms with E-state index in [1.807, 2.05) is 95.7 Å². The molecule has 274 valence electrons. The van der Waals surface area contributed by atoms with E-state index >= 15 is 0 Å². The number of carboxylic acids is 1. The van der Waals surface area contributed by atoms with Crippen LogP contribution in [-0.2, 0) is 17.9 Å². The lowest BCUT2D eigenvalue weighted by Crippen LogP contribution is -2.46. The quantitative estimate of drug-likeness (QED) is 0.0750. The molecular formula is C41H47ClN4O6. The maximum absolute atomic E-state index is 14.1. The summed E-state index contributed by atoms with van der Waals surface area (Å²) in [5.74, 6) is 1.39. The van der Waals surface area contributed by atoms with Gasteiger partial charge < -0.3 is 34.1 Å². The van der Waals surface area contributed by atoms with Crippen molar-refractivity contribution in [3.8, 4) is 17.2 Å². The minimum atomic E-state index is -0.831. The fourth-order valence-electron chi connectivity index (χ4n) is 6.61. The molecule has 0 aliphatic carbocycles. The van der Waals surface area contributed by atoms with E-state index in [2.05, 4.69) is 21.2 Å². The van der Waals surface area contributed by atoms with Crippen molar-refractivity contribution in [2.75, 3.05) is 63.8 Å². The van der Waals surface area contributed by atoms with Crippen LogP contribution in [0.15, 0.2) is 97.2 Å². The molecule has 2 heterocycles. The van der Waals surface area contributed by atoms with Crippen molar-refractivity contribution in [1.82, 2.24) is 9.47 Å². The Hall–Kier alpha value is -5.19. The summed E-state index contributed by atoms with van der Waals surface area (Å²) in [5.41, 5.74) is 5.05. The van der Waals surface area contributed by atoms with Crippen molar-refractivity contribution >= 4 is 46.4 Å². The van der Waals surface area contributed by atoms with Gasteiger partial charge in [0.05, 0.1) is 32.2 Å². The van der Waals surface area contributed by atoms with E-state index in [1.165, 1.54) is 0 Å². The van der Waals surface area contributed by atoms with Crippen LogP contribution in [0.1, 0.15) is 40.7 Å². The van der Waals surface area contributed by atoms with E-state index in [1.54, 1.807) is 14.2 Å². The molecule has 1 aromatic heterocycles. The van der Waals surface area contributed by atoms with Gasteiger partial charge in [-0.1, -0.05) is 42.5 Å². The third kappa shape index (κ3) is 9.37. The van der Waals surface area contributed by atoms with Gasteiger partial charge >= 0.3 is 5.97 Å². The second-order valence-corrected chi connectivity index (χ2v) is 12.7. The van der Waals surface area contributed by atoms with Gasteiger partial charge in [0.2, 0.25) is 0 Å². The minimum Gasteiger partial charge on any atom is -0.497 e. The molecule has 4 aromatic carbocycles. The Morgan fingerprint density at radius 2 is 1.56 bits per heavy atom. The first-order valence-corrected chi connectivity index (χ1v) is 17.5.